The van der Waals surface area contributed by atoms with E-state index >= 15 is 0 Å². The van der Waals surface area contributed by atoms with Crippen molar-refractivity contribution in [1.82, 2.24) is 20.3 Å². The zero-order valence-corrected chi connectivity index (χ0v) is 11.6. The molecule has 0 unspecified atom stereocenters. The van der Waals surface area contributed by atoms with Crippen LogP contribution >= 0.6 is 0 Å². The van der Waals surface area contributed by atoms with Gasteiger partial charge < -0.3 is 10.4 Å². The van der Waals surface area contributed by atoms with Crippen LogP contribution in [0.1, 0.15) is 28.5 Å². The van der Waals surface area contributed by atoms with E-state index in [2.05, 4.69) is 22.6 Å². The fraction of sp³-hybridized carbons (Fsp3) is 0.286. The van der Waals surface area contributed by atoms with Gasteiger partial charge in [0.2, 0.25) is 0 Å². The molecule has 0 fully saturated rings. The summed E-state index contributed by atoms with van der Waals surface area (Å²) in [6.45, 7) is 2.00. The fourth-order valence-electron chi connectivity index (χ4n) is 1.80. The number of benzene rings is 1. The van der Waals surface area contributed by atoms with Gasteiger partial charge in [-0.3, -0.25) is 9.59 Å². The first kappa shape index (κ1) is 14.7. The fourth-order valence-corrected chi connectivity index (χ4v) is 1.80. The van der Waals surface area contributed by atoms with E-state index in [0.29, 0.717) is 11.3 Å². The number of carboxylic acids is 1. The highest BCUT2D eigenvalue weighted by atomic mass is 16.4. The number of nitrogens with zero attached hydrogens (tertiary/aromatic N) is 3. The third-order valence-electron chi connectivity index (χ3n) is 2.94. The Morgan fingerprint density at radius 2 is 2.00 bits per heavy atom. The van der Waals surface area contributed by atoms with Crippen LogP contribution in [-0.2, 0) is 24.3 Å². The van der Waals surface area contributed by atoms with E-state index in [0.717, 1.165) is 6.42 Å². The summed E-state index contributed by atoms with van der Waals surface area (Å²) in [6, 6.07) is 7.38. The highest BCUT2D eigenvalue weighted by Crippen LogP contribution is 2.05. The maximum absolute atomic E-state index is 11.9. The highest BCUT2D eigenvalue weighted by molar-refractivity contribution is 5.94. The number of carbonyl (C=O) groups is 2. The smallest absolute Gasteiger partial charge is 0.325 e. The van der Waals surface area contributed by atoms with Crippen molar-refractivity contribution < 1.29 is 14.7 Å². The van der Waals surface area contributed by atoms with Gasteiger partial charge >= 0.3 is 5.97 Å². The first-order chi connectivity index (χ1) is 10.1. The second kappa shape index (κ2) is 6.65. The summed E-state index contributed by atoms with van der Waals surface area (Å²) in [4.78, 5) is 22.5. The number of hydrogen-bond donors (Lipinski definition) is 2. The van der Waals surface area contributed by atoms with Crippen molar-refractivity contribution in [2.75, 3.05) is 0 Å². The molecule has 2 rings (SSSR count). The molecule has 0 radical (unpaired) electrons. The Hall–Kier alpha value is -2.70. The van der Waals surface area contributed by atoms with Gasteiger partial charge in [-0.15, -0.1) is 5.10 Å². The number of hydrogen-bond acceptors (Lipinski definition) is 4. The van der Waals surface area contributed by atoms with Gasteiger partial charge in [-0.1, -0.05) is 24.3 Å². The first-order valence-electron chi connectivity index (χ1n) is 6.56. The second-order valence-electron chi connectivity index (χ2n) is 4.53. The molecule has 7 nitrogen and oxygen atoms in total. The zero-order chi connectivity index (χ0) is 15.2. The van der Waals surface area contributed by atoms with Gasteiger partial charge in [0.05, 0.1) is 12.7 Å². The van der Waals surface area contributed by atoms with E-state index in [1.54, 1.807) is 12.1 Å². The van der Waals surface area contributed by atoms with Gasteiger partial charge in [0, 0.05) is 5.56 Å². The molecule has 0 bridgehead atoms. The van der Waals surface area contributed by atoms with Crippen molar-refractivity contribution in [1.29, 1.82) is 0 Å². The van der Waals surface area contributed by atoms with E-state index in [1.165, 1.54) is 16.4 Å². The van der Waals surface area contributed by atoms with Crippen LogP contribution in [0.15, 0.2) is 30.5 Å². The molecule has 1 heterocycles. The molecule has 0 spiro atoms. The number of rotatable bonds is 6. The Morgan fingerprint density at radius 1 is 1.29 bits per heavy atom. The van der Waals surface area contributed by atoms with E-state index < -0.39 is 5.97 Å². The van der Waals surface area contributed by atoms with Crippen LogP contribution in [0.3, 0.4) is 0 Å². The lowest BCUT2D eigenvalue weighted by atomic mass is 10.1. The number of aryl methyl sites for hydroxylation is 1. The third kappa shape index (κ3) is 4.13. The average molecular weight is 288 g/mol. The van der Waals surface area contributed by atoms with Crippen LogP contribution in [0, 0.1) is 0 Å². The quantitative estimate of drug-likeness (QED) is 0.821. The van der Waals surface area contributed by atoms with E-state index in [9.17, 15) is 9.59 Å². The number of aromatic nitrogens is 3. The maximum atomic E-state index is 11.9. The molecule has 21 heavy (non-hydrogen) atoms. The van der Waals surface area contributed by atoms with Crippen molar-refractivity contribution >= 4 is 11.9 Å². The van der Waals surface area contributed by atoms with Crippen molar-refractivity contribution in [2.24, 2.45) is 0 Å². The number of aliphatic carboxylic acids is 1. The highest BCUT2D eigenvalue weighted by Gasteiger charge is 2.08. The van der Waals surface area contributed by atoms with Gasteiger partial charge in [-0.2, -0.15) is 0 Å². The monoisotopic (exact) mass is 288 g/mol. The molecule has 0 saturated heterocycles. The molecule has 110 valence electrons. The molecular formula is C14H16N4O3. The van der Waals surface area contributed by atoms with Crippen molar-refractivity contribution in [3.05, 3.63) is 47.3 Å². The minimum atomic E-state index is -0.994. The Labute approximate surface area is 121 Å². The molecule has 7 heteroatoms. The van der Waals surface area contributed by atoms with Crippen LogP contribution in [-0.4, -0.2) is 32.0 Å². The molecule has 2 N–H and O–H groups in total. The molecule has 0 aliphatic heterocycles. The predicted molar refractivity (Wildman–Crippen MR) is 74.6 cm³/mol. The molecule has 0 aliphatic rings. The minimum absolute atomic E-state index is 0.202. The second-order valence-corrected chi connectivity index (χ2v) is 4.53. The Bertz CT molecular complexity index is 634. The van der Waals surface area contributed by atoms with Gasteiger partial charge in [0.1, 0.15) is 12.2 Å². The summed E-state index contributed by atoms with van der Waals surface area (Å²) >= 11 is 0. The first-order valence-corrected chi connectivity index (χ1v) is 6.56. The standard InChI is InChI=1S/C14H16N4O3/c1-2-10-3-5-11(6-4-10)14(21)15-7-12-8-18(17-16-12)9-13(19)20/h3-6,8H,2,7,9H2,1H3,(H,15,21)(H,19,20). The van der Waals surface area contributed by atoms with E-state index in [1.807, 2.05) is 12.1 Å². The number of carbonyl (C=O) groups excluding carboxylic acids is 1. The molecule has 2 aromatic rings. The molecule has 1 aromatic heterocycles. The van der Waals surface area contributed by atoms with Gasteiger partial charge in [-0.05, 0) is 24.1 Å². The van der Waals surface area contributed by atoms with Gasteiger partial charge in [0.25, 0.3) is 5.91 Å². The number of amides is 1. The molecular weight excluding hydrogens is 272 g/mol. The van der Waals surface area contributed by atoms with Crippen molar-refractivity contribution in [3.63, 3.8) is 0 Å². The summed E-state index contributed by atoms with van der Waals surface area (Å²) in [6.07, 6.45) is 2.42. The summed E-state index contributed by atoms with van der Waals surface area (Å²) in [5.41, 5.74) is 2.25. The normalized spacial score (nSPS) is 10.3. The van der Waals surface area contributed by atoms with Gasteiger partial charge in [-0.25, -0.2) is 4.68 Å². The summed E-state index contributed by atoms with van der Waals surface area (Å²) in [5.74, 6) is -1.20. The Balaban J connectivity index is 1.91. The molecule has 0 atom stereocenters. The number of nitrogens with one attached hydrogen (secondary N) is 1. The molecule has 0 aliphatic carbocycles. The summed E-state index contributed by atoms with van der Waals surface area (Å²) < 4.78 is 1.21. The van der Waals surface area contributed by atoms with Crippen LogP contribution in [0.2, 0.25) is 0 Å². The van der Waals surface area contributed by atoms with Crippen LogP contribution in [0.5, 0.6) is 0 Å². The predicted octanol–water partition coefficient (Wildman–Crippen LogP) is 0.855. The van der Waals surface area contributed by atoms with Crippen LogP contribution < -0.4 is 5.32 Å². The van der Waals surface area contributed by atoms with Crippen LogP contribution in [0.4, 0.5) is 0 Å². The van der Waals surface area contributed by atoms with E-state index in [-0.39, 0.29) is 19.0 Å². The van der Waals surface area contributed by atoms with Crippen molar-refractivity contribution in [2.45, 2.75) is 26.4 Å². The van der Waals surface area contributed by atoms with Crippen LogP contribution in [0.25, 0.3) is 0 Å². The molecule has 1 aromatic carbocycles. The summed E-state index contributed by atoms with van der Waals surface area (Å²) in [7, 11) is 0. The lowest BCUT2D eigenvalue weighted by Crippen LogP contribution is -2.22. The molecule has 1 amide bonds. The largest absolute Gasteiger partial charge is 0.480 e. The number of carboxylic acid groups (broad SMARTS) is 1. The van der Waals surface area contributed by atoms with Crippen molar-refractivity contribution in [3.8, 4) is 0 Å². The lowest BCUT2D eigenvalue weighted by Gasteiger charge is -2.04. The zero-order valence-electron chi connectivity index (χ0n) is 11.6. The van der Waals surface area contributed by atoms with E-state index in [4.69, 9.17) is 5.11 Å². The third-order valence-corrected chi connectivity index (χ3v) is 2.94. The molecule has 0 saturated carbocycles. The topological polar surface area (TPSA) is 97.1 Å². The Morgan fingerprint density at radius 3 is 2.62 bits per heavy atom. The maximum Gasteiger partial charge on any atom is 0.325 e. The average Bonchev–Trinajstić information content (AvgIpc) is 2.91. The van der Waals surface area contributed by atoms with Gasteiger partial charge in [0.15, 0.2) is 0 Å². The lowest BCUT2D eigenvalue weighted by molar-refractivity contribution is -0.137. The summed E-state index contributed by atoms with van der Waals surface area (Å²) in [5, 5.41) is 18.8. The SMILES string of the molecule is CCc1ccc(C(=O)NCc2cn(CC(=O)O)nn2)cc1. The minimum Gasteiger partial charge on any atom is -0.480 e. The Kier molecular flexibility index (Phi) is 4.65.